The van der Waals surface area contributed by atoms with Gasteiger partial charge in [0.1, 0.15) is 23.0 Å². The summed E-state index contributed by atoms with van der Waals surface area (Å²) in [5.41, 5.74) is 1.17. The summed E-state index contributed by atoms with van der Waals surface area (Å²) in [5.74, 6) is 0.855. The molecule has 4 rings (SSSR count). The lowest BCUT2D eigenvalue weighted by Crippen LogP contribution is -2.12. The van der Waals surface area contributed by atoms with Gasteiger partial charge in [0.15, 0.2) is 11.6 Å². The van der Waals surface area contributed by atoms with E-state index in [2.05, 4.69) is 15.3 Å². The van der Waals surface area contributed by atoms with Gasteiger partial charge in [-0.05, 0) is 36.8 Å². The Kier molecular flexibility index (Phi) is 6.29. The van der Waals surface area contributed by atoms with Crippen LogP contribution in [0.5, 0.6) is 17.4 Å². The van der Waals surface area contributed by atoms with E-state index in [9.17, 15) is 9.18 Å². The number of nitrogens with one attached hydrogen (secondary N) is 1. The highest BCUT2D eigenvalue weighted by atomic mass is 32.1. The number of hydrogen-bond donors (Lipinski definition) is 1. The fourth-order valence-corrected chi connectivity index (χ4v) is 4.28. The van der Waals surface area contributed by atoms with Crippen molar-refractivity contribution in [1.82, 2.24) is 9.97 Å². The monoisotopic (exact) mass is 453 g/mol. The molecule has 1 amide bonds. The summed E-state index contributed by atoms with van der Waals surface area (Å²) in [5, 5.41) is 3.57. The first-order chi connectivity index (χ1) is 15.5. The van der Waals surface area contributed by atoms with Crippen LogP contribution in [0.25, 0.3) is 10.2 Å². The Hall–Kier alpha value is -3.56. The number of carbonyl (C=O) groups excluding carboxylic acids is 1. The van der Waals surface area contributed by atoms with Gasteiger partial charge in [-0.3, -0.25) is 4.79 Å². The SMILES string of the molecule is COCc1nc(OC)c2c(C)c(C(=O)Nc3ccccc3Oc3cccc(F)c3)sc2n1. The number of ether oxygens (including phenoxy) is 3. The van der Waals surface area contributed by atoms with Crippen LogP contribution in [0.3, 0.4) is 0 Å². The molecular weight excluding hydrogens is 433 g/mol. The summed E-state index contributed by atoms with van der Waals surface area (Å²) in [7, 11) is 3.08. The molecule has 4 aromatic rings. The topological polar surface area (TPSA) is 82.6 Å². The van der Waals surface area contributed by atoms with Crippen molar-refractivity contribution in [1.29, 1.82) is 0 Å². The molecule has 9 heteroatoms. The molecule has 0 atom stereocenters. The van der Waals surface area contributed by atoms with Crippen molar-refractivity contribution in [2.45, 2.75) is 13.5 Å². The van der Waals surface area contributed by atoms with Crippen LogP contribution < -0.4 is 14.8 Å². The number of aryl methyl sites for hydroxylation is 1. The molecule has 0 saturated heterocycles. The Morgan fingerprint density at radius 2 is 1.94 bits per heavy atom. The number of para-hydroxylation sites is 2. The van der Waals surface area contributed by atoms with Crippen LogP contribution in [-0.4, -0.2) is 30.1 Å². The number of fused-ring (bicyclic) bond motifs is 1. The quantitative estimate of drug-likeness (QED) is 0.407. The molecule has 0 aliphatic rings. The van der Waals surface area contributed by atoms with Crippen LogP contribution in [0.15, 0.2) is 48.5 Å². The van der Waals surface area contributed by atoms with Crippen LogP contribution in [0.1, 0.15) is 21.1 Å². The second kappa shape index (κ2) is 9.29. The third kappa shape index (κ3) is 4.39. The molecule has 0 radical (unpaired) electrons. The largest absolute Gasteiger partial charge is 0.480 e. The van der Waals surface area contributed by atoms with Crippen molar-refractivity contribution in [2.75, 3.05) is 19.5 Å². The van der Waals surface area contributed by atoms with Crippen molar-refractivity contribution in [3.8, 4) is 17.4 Å². The van der Waals surface area contributed by atoms with E-state index in [0.29, 0.717) is 49.5 Å². The number of methoxy groups -OCH3 is 2. The molecule has 0 unspecified atom stereocenters. The highest BCUT2D eigenvalue weighted by molar-refractivity contribution is 7.20. The lowest BCUT2D eigenvalue weighted by Gasteiger charge is -2.12. The maximum absolute atomic E-state index is 13.5. The summed E-state index contributed by atoms with van der Waals surface area (Å²) in [6, 6.07) is 12.8. The van der Waals surface area contributed by atoms with Gasteiger partial charge in [-0.2, -0.15) is 4.98 Å². The fraction of sp³-hybridized carbons (Fsp3) is 0.174. The molecule has 0 bridgehead atoms. The number of aromatic nitrogens is 2. The van der Waals surface area contributed by atoms with Crippen LogP contribution in [-0.2, 0) is 11.3 Å². The van der Waals surface area contributed by atoms with Crippen molar-refractivity contribution >= 4 is 33.1 Å². The number of benzene rings is 2. The average Bonchev–Trinajstić information content (AvgIpc) is 3.11. The molecule has 7 nitrogen and oxygen atoms in total. The Balaban J connectivity index is 1.65. The number of halogens is 1. The van der Waals surface area contributed by atoms with Crippen LogP contribution in [0.4, 0.5) is 10.1 Å². The smallest absolute Gasteiger partial charge is 0.266 e. The minimum atomic E-state index is -0.409. The van der Waals surface area contributed by atoms with E-state index in [-0.39, 0.29) is 12.5 Å². The zero-order valence-corrected chi connectivity index (χ0v) is 18.5. The van der Waals surface area contributed by atoms with Gasteiger partial charge in [0, 0.05) is 13.2 Å². The summed E-state index contributed by atoms with van der Waals surface area (Å²) < 4.78 is 29.8. The van der Waals surface area contributed by atoms with Gasteiger partial charge >= 0.3 is 0 Å². The van der Waals surface area contributed by atoms with E-state index >= 15 is 0 Å². The van der Waals surface area contributed by atoms with E-state index in [4.69, 9.17) is 14.2 Å². The minimum absolute atomic E-state index is 0.232. The number of amides is 1. The van der Waals surface area contributed by atoms with Gasteiger partial charge in [0.25, 0.3) is 5.91 Å². The Bertz CT molecular complexity index is 1290. The van der Waals surface area contributed by atoms with Gasteiger partial charge in [0.2, 0.25) is 5.88 Å². The van der Waals surface area contributed by atoms with Crippen molar-refractivity contribution in [3.63, 3.8) is 0 Å². The van der Waals surface area contributed by atoms with E-state index in [0.717, 1.165) is 0 Å². The third-order valence-electron chi connectivity index (χ3n) is 4.64. The maximum atomic E-state index is 13.5. The van der Waals surface area contributed by atoms with Crippen LogP contribution in [0, 0.1) is 12.7 Å². The highest BCUT2D eigenvalue weighted by Gasteiger charge is 2.22. The van der Waals surface area contributed by atoms with Gasteiger partial charge in [-0.15, -0.1) is 11.3 Å². The van der Waals surface area contributed by atoms with Crippen LogP contribution in [0.2, 0.25) is 0 Å². The molecule has 0 aliphatic heterocycles. The second-order valence-corrected chi connectivity index (χ2v) is 7.83. The van der Waals surface area contributed by atoms with Crippen molar-refractivity contribution in [2.24, 2.45) is 0 Å². The number of rotatable bonds is 7. The lowest BCUT2D eigenvalue weighted by molar-refractivity contribution is 0.102. The summed E-state index contributed by atoms with van der Waals surface area (Å²) in [4.78, 5) is 23.1. The van der Waals surface area contributed by atoms with E-state index < -0.39 is 5.82 Å². The normalized spacial score (nSPS) is 10.9. The number of carbonyl (C=O) groups is 1. The standard InChI is InChI=1S/C23H20FN3O4S/c1-13-19-22(30-3)26-18(12-29-2)27-23(19)32-20(13)21(28)25-16-9-4-5-10-17(16)31-15-8-6-7-14(24)11-15/h4-11H,12H2,1-3H3,(H,25,28). The maximum Gasteiger partial charge on any atom is 0.266 e. The predicted octanol–water partition coefficient (Wildman–Crippen LogP) is 5.34. The van der Waals surface area contributed by atoms with Crippen LogP contribution >= 0.6 is 11.3 Å². The molecule has 0 aliphatic carbocycles. The van der Waals surface area contributed by atoms with Gasteiger partial charge in [0.05, 0.1) is 23.1 Å². The first-order valence-corrected chi connectivity index (χ1v) is 10.5. The highest BCUT2D eigenvalue weighted by Crippen LogP contribution is 2.36. The molecule has 2 aromatic carbocycles. The van der Waals surface area contributed by atoms with Gasteiger partial charge in [-0.1, -0.05) is 18.2 Å². The molecule has 2 heterocycles. The molecule has 0 saturated carbocycles. The zero-order valence-electron chi connectivity index (χ0n) is 17.6. The van der Waals surface area contributed by atoms with E-state index in [1.165, 1.54) is 30.6 Å². The molecule has 1 N–H and O–H groups in total. The first-order valence-electron chi connectivity index (χ1n) is 9.67. The fourth-order valence-electron chi connectivity index (χ4n) is 3.20. The Morgan fingerprint density at radius 3 is 2.69 bits per heavy atom. The first kappa shape index (κ1) is 21.7. The third-order valence-corrected chi connectivity index (χ3v) is 5.82. The number of anilines is 1. The molecule has 32 heavy (non-hydrogen) atoms. The van der Waals surface area contributed by atoms with E-state index in [1.54, 1.807) is 43.5 Å². The summed E-state index contributed by atoms with van der Waals surface area (Å²) >= 11 is 1.24. The Morgan fingerprint density at radius 1 is 1.12 bits per heavy atom. The number of nitrogens with zero attached hydrogens (tertiary/aromatic N) is 2. The van der Waals surface area contributed by atoms with Crippen molar-refractivity contribution < 1.29 is 23.4 Å². The summed E-state index contributed by atoms with van der Waals surface area (Å²) in [6.07, 6.45) is 0. The zero-order chi connectivity index (χ0) is 22.7. The average molecular weight is 453 g/mol. The number of hydrogen-bond acceptors (Lipinski definition) is 7. The molecule has 2 aromatic heterocycles. The molecule has 0 fully saturated rings. The lowest BCUT2D eigenvalue weighted by atomic mass is 10.2. The minimum Gasteiger partial charge on any atom is -0.480 e. The second-order valence-electron chi connectivity index (χ2n) is 6.83. The molecule has 0 spiro atoms. The van der Waals surface area contributed by atoms with Gasteiger partial charge in [-0.25, -0.2) is 9.37 Å². The van der Waals surface area contributed by atoms with Gasteiger partial charge < -0.3 is 19.5 Å². The molecule has 164 valence electrons. The number of thiophene rings is 1. The predicted molar refractivity (Wildman–Crippen MR) is 120 cm³/mol. The van der Waals surface area contributed by atoms with E-state index in [1.807, 2.05) is 6.92 Å². The molecular formula is C23H20FN3O4S. The van der Waals surface area contributed by atoms with Crippen molar-refractivity contribution in [3.05, 3.63) is 70.6 Å². The summed E-state index contributed by atoms with van der Waals surface area (Å²) in [6.45, 7) is 2.06. The Labute approximate surface area is 187 Å².